The number of hydrogen-bond acceptors (Lipinski definition) is 4. The number of ether oxygens (including phenoxy) is 1. The Kier molecular flexibility index (Phi) is 3.75. The lowest BCUT2D eigenvalue weighted by Crippen LogP contribution is -2.12. The first kappa shape index (κ1) is 12.1. The second-order valence-electron chi connectivity index (χ2n) is 3.12. The highest BCUT2D eigenvalue weighted by molar-refractivity contribution is 9.10. The molecule has 0 saturated carbocycles. The average Bonchev–Trinajstić information content (AvgIpc) is 2.77. The van der Waals surface area contributed by atoms with Crippen molar-refractivity contribution in [2.24, 2.45) is 0 Å². The zero-order chi connectivity index (χ0) is 12.3. The van der Waals surface area contributed by atoms with E-state index in [0.717, 1.165) is 0 Å². The SMILES string of the molecule is COc1ccsc1C(=O)Nc1cccc(Br)n1. The van der Waals surface area contributed by atoms with Gasteiger partial charge in [-0.2, -0.15) is 0 Å². The van der Waals surface area contributed by atoms with Crippen molar-refractivity contribution >= 4 is 39.0 Å². The Bertz CT molecular complexity index is 542. The summed E-state index contributed by atoms with van der Waals surface area (Å²) in [5.41, 5.74) is 0. The van der Waals surface area contributed by atoms with Crippen LogP contribution >= 0.6 is 27.3 Å². The topological polar surface area (TPSA) is 51.2 Å². The summed E-state index contributed by atoms with van der Waals surface area (Å²) < 4.78 is 5.76. The molecule has 0 saturated heterocycles. The van der Waals surface area contributed by atoms with Crippen LogP contribution in [0.2, 0.25) is 0 Å². The lowest BCUT2D eigenvalue weighted by molar-refractivity contribution is 0.102. The molecule has 0 aromatic carbocycles. The summed E-state index contributed by atoms with van der Waals surface area (Å²) in [5, 5.41) is 4.52. The molecule has 1 amide bonds. The van der Waals surface area contributed by atoms with E-state index < -0.39 is 0 Å². The van der Waals surface area contributed by atoms with Crippen molar-refractivity contribution < 1.29 is 9.53 Å². The molecule has 88 valence electrons. The van der Waals surface area contributed by atoms with Gasteiger partial charge in [-0.25, -0.2) is 4.98 Å². The van der Waals surface area contributed by atoms with Crippen LogP contribution in [0.3, 0.4) is 0 Å². The first-order chi connectivity index (χ1) is 8.20. The van der Waals surface area contributed by atoms with Gasteiger partial charge in [-0.15, -0.1) is 11.3 Å². The number of nitrogens with one attached hydrogen (secondary N) is 1. The summed E-state index contributed by atoms with van der Waals surface area (Å²) in [4.78, 5) is 16.6. The van der Waals surface area contributed by atoms with Gasteiger partial charge in [0.25, 0.3) is 5.91 Å². The number of anilines is 1. The van der Waals surface area contributed by atoms with E-state index in [1.165, 1.54) is 18.4 Å². The average molecular weight is 313 g/mol. The van der Waals surface area contributed by atoms with E-state index in [-0.39, 0.29) is 5.91 Å². The maximum atomic E-state index is 11.9. The predicted molar refractivity (Wildman–Crippen MR) is 70.8 cm³/mol. The molecule has 2 heterocycles. The quantitative estimate of drug-likeness (QED) is 0.886. The van der Waals surface area contributed by atoms with Gasteiger partial charge < -0.3 is 10.1 Å². The summed E-state index contributed by atoms with van der Waals surface area (Å²) in [7, 11) is 1.54. The van der Waals surface area contributed by atoms with Gasteiger partial charge in [0.2, 0.25) is 0 Å². The predicted octanol–water partition coefficient (Wildman–Crippen LogP) is 3.17. The first-order valence-corrected chi connectivity index (χ1v) is 6.43. The second-order valence-corrected chi connectivity index (χ2v) is 4.85. The van der Waals surface area contributed by atoms with Gasteiger partial charge >= 0.3 is 0 Å². The summed E-state index contributed by atoms with van der Waals surface area (Å²) in [6, 6.07) is 7.08. The van der Waals surface area contributed by atoms with Crippen LogP contribution < -0.4 is 10.1 Å². The van der Waals surface area contributed by atoms with Crippen molar-refractivity contribution in [2.75, 3.05) is 12.4 Å². The molecular formula is C11H9BrN2O2S. The second kappa shape index (κ2) is 5.29. The van der Waals surface area contributed by atoms with Crippen molar-refractivity contribution in [1.29, 1.82) is 0 Å². The van der Waals surface area contributed by atoms with Gasteiger partial charge in [-0.05, 0) is 39.5 Å². The molecule has 0 aliphatic carbocycles. The fourth-order valence-corrected chi connectivity index (χ4v) is 2.37. The highest BCUT2D eigenvalue weighted by Crippen LogP contribution is 2.25. The van der Waals surface area contributed by atoms with Crippen LogP contribution in [0.1, 0.15) is 9.67 Å². The maximum absolute atomic E-state index is 11.9. The third-order valence-corrected chi connectivity index (χ3v) is 3.35. The van der Waals surface area contributed by atoms with E-state index in [9.17, 15) is 4.79 Å². The van der Waals surface area contributed by atoms with Crippen LogP contribution in [0.4, 0.5) is 5.82 Å². The number of rotatable bonds is 3. The third-order valence-electron chi connectivity index (χ3n) is 2.01. The molecule has 0 aliphatic rings. The van der Waals surface area contributed by atoms with Gasteiger partial charge in [0.1, 0.15) is 21.0 Å². The number of methoxy groups -OCH3 is 1. The number of carbonyl (C=O) groups excluding carboxylic acids is 1. The van der Waals surface area contributed by atoms with Gasteiger partial charge in [-0.3, -0.25) is 4.79 Å². The lowest BCUT2D eigenvalue weighted by atomic mass is 10.4. The number of nitrogens with zero attached hydrogens (tertiary/aromatic N) is 1. The molecule has 0 unspecified atom stereocenters. The number of pyridine rings is 1. The molecule has 2 aromatic heterocycles. The largest absolute Gasteiger partial charge is 0.495 e. The lowest BCUT2D eigenvalue weighted by Gasteiger charge is -2.04. The van der Waals surface area contributed by atoms with Crippen molar-refractivity contribution in [3.63, 3.8) is 0 Å². The van der Waals surface area contributed by atoms with E-state index in [0.29, 0.717) is 21.0 Å². The minimum absolute atomic E-state index is 0.220. The van der Waals surface area contributed by atoms with Gasteiger partial charge in [-0.1, -0.05) is 6.07 Å². The molecule has 4 nitrogen and oxygen atoms in total. The van der Waals surface area contributed by atoms with Crippen molar-refractivity contribution in [3.8, 4) is 5.75 Å². The van der Waals surface area contributed by atoms with Crippen molar-refractivity contribution in [2.45, 2.75) is 0 Å². The number of carbonyl (C=O) groups is 1. The van der Waals surface area contributed by atoms with Gasteiger partial charge in [0.15, 0.2) is 0 Å². The summed E-state index contributed by atoms with van der Waals surface area (Å²) in [6.07, 6.45) is 0. The van der Waals surface area contributed by atoms with Gasteiger partial charge in [0.05, 0.1) is 7.11 Å². The summed E-state index contributed by atoms with van der Waals surface area (Å²) in [5.74, 6) is 0.852. The molecule has 2 aromatic rings. The molecule has 2 rings (SSSR count). The molecular weight excluding hydrogens is 304 g/mol. The standard InChI is InChI=1S/C11H9BrN2O2S/c1-16-7-5-6-17-10(7)11(15)14-9-4-2-3-8(12)13-9/h2-6H,1H3,(H,13,14,15). The number of amides is 1. The Hall–Kier alpha value is -1.40. The van der Waals surface area contributed by atoms with E-state index in [2.05, 4.69) is 26.2 Å². The molecule has 0 bridgehead atoms. The van der Waals surface area contributed by atoms with Crippen LogP contribution in [0, 0.1) is 0 Å². The van der Waals surface area contributed by atoms with Crippen LogP contribution in [0.5, 0.6) is 5.75 Å². The third kappa shape index (κ3) is 2.83. The summed E-state index contributed by atoms with van der Waals surface area (Å²) >= 11 is 4.57. The highest BCUT2D eigenvalue weighted by Gasteiger charge is 2.14. The molecule has 0 aliphatic heterocycles. The fraction of sp³-hybridized carbons (Fsp3) is 0.0909. The van der Waals surface area contributed by atoms with Crippen molar-refractivity contribution in [1.82, 2.24) is 4.98 Å². The van der Waals surface area contributed by atoms with Crippen molar-refractivity contribution in [3.05, 3.63) is 39.1 Å². The number of halogens is 1. The molecule has 0 spiro atoms. The molecule has 0 radical (unpaired) electrons. The van der Waals surface area contributed by atoms with Gasteiger partial charge in [0, 0.05) is 0 Å². The normalized spacial score (nSPS) is 10.0. The van der Waals surface area contributed by atoms with E-state index >= 15 is 0 Å². The Morgan fingerprint density at radius 3 is 3.00 bits per heavy atom. The molecule has 17 heavy (non-hydrogen) atoms. The smallest absolute Gasteiger partial charge is 0.270 e. The minimum Gasteiger partial charge on any atom is -0.495 e. The molecule has 0 atom stereocenters. The molecule has 1 N–H and O–H groups in total. The van der Waals surface area contributed by atoms with Crippen LogP contribution in [-0.2, 0) is 0 Å². The molecule has 6 heteroatoms. The zero-order valence-electron chi connectivity index (χ0n) is 8.94. The van der Waals surface area contributed by atoms with E-state index in [4.69, 9.17) is 4.74 Å². The monoisotopic (exact) mass is 312 g/mol. The van der Waals surface area contributed by atoms with E-state index in [1.54, 1.807) is 24.3 Å². The number of hydrogen-bond donors (Lipinski definition) is 1. The van der Waals surface area contributed by atoms with Crippen LogP contribution in [0.25, 0.3) is 0 Å². The highest BCUT2D eigenvalue weighted by atomic mass is 79.9. The fourth-order valence-electron chi connectivity index (χ4n) is 1.27. The Balaban J connectivity index is 2.17. The molecule has 0 fully saturated rings. The number of thiophene rings is 1. The van der Waals surface area contributed by atoms with E-state index in [1.807, 2.05) is 5.38 Å². The van der Waals surface area contributed by atoms with Crippen LogP contribution in [0.15, 0.2) is 34.2 Å². The minimum atomic E-state index is -0.220. The zero-order valence-corrected chi connectivity index (χ0v) is 11.3. The maximum Gasteiger partial charge on any atom is 0.270 e. The Labute approximate surface area is 111 Å². The Morgan fingerprint density at radius 2 is 2.29 bits per heavy atom. The number of aromatic nitrogens is 1. The Morgan fingerprint density at radius 1 is 1.47 bits per heavy atom. The van der Waals surface area contributed by atoms with Crippen LogP contribution in [-0.4, -0.2) is 18.0 Å². The first-order valence-electron chi connectivity index (χ1n) is 4.76. The summed E-state index contributed by atoms with van der Waals surface area (Å²) in [6.45, 7) is 0.